The monoisotopic (exact) mass is 305 g/mol. The molecule has 0 bridgehead atoms. The van der Waals surface area contributed by atoms with E-state index in [1.54, 1.807) is 13.8 Å². The second kappa shape index (κ2) is 11.8. The largest absolute Gasteiger partial charge is 0.481 e. The quantitative estimate of drug-likeness (QED) is 0.784. The molecule has 0 spiro atoms. The highest BCUT2D eigenvalue weighted by Gasteiger charge is 2.25. The maximum absolute atomic E-state index is 10.4. The summed E-state index contributed by atoms with van der Waals surface area (Å²) in [6, 6.07) is 0. The Bertz CT molecular complexity index is 129. The molecular formula is C8H20INO3. The van der Waals surface area contributed by atoms with Crippen LogP contribution in [0.25, 0.3) is 0 Å². The molecule has 0 heterocycles. The van der Waals surface area contributed by atoms with Crippen LogP contribution < -0.4 is 6.15 Å². The molecule has 0 aromatic rings. The molecule has 0 unspecified atom stereocenters. The van der Waals surface area contributed by atoms with Gasteiger partial charge in [-0.1, -0.05) is 13.3 Å². The molecule has 0 aromatic heterocycles. The number of carboxylic acids is 1. The second-order valence-corrected chi connectivity index (χ2v) is 2.94. The van der Waals surface area contributed by atoms with Crippen LogP contribution in [0, 0.1) is 5.41 Å². The van der Waals surface area contributed by atoms with Crippen molar-refractivity contribution in [2.45, 2.75) is 33.6 Å². The standard InChI is InChI=1S/C7H14O2.CH2O.HI.H3N/c1-4-5-7(2,3)6(8)9;1-2;;/h4-5H2,1-3H3,(H,8,9);1H2;1H;1H3. The molecule has 0 aliphatic carbocycles. The topological polar surface area (TPSA) is 89.4 Å². The fourth-order valence-corrected chi connectivity index (χ4v) is 0.732. The summed E-state index contributed by atoms with van der Waals surface area (Å²) in [6.07, 6.45) is 1.68. The molecule has 13 heavy (non-hydrogen) atoms. The Kier molecular flexibility index (Phi) is 21.0. The summed E-state index contributed by atoms with van der Waals surface area (Å²) >= 11 is 0. The van der Waals surface area contributed by atoms with Crippen LogP contribution in [0.2, 0.25) is 0 Å². The highest BCUT2D eigenvalue weighted by molar-refractivity contribution is 14.0. The lowest BCUT2D eigenvalue weighted by atomic mass is 9.88. The molecule has 0 saturated carbocycles. The van der Waals surface area contributed by atoms with E-state index in [2.05, 4.69) is 0 Å². The zero-order chi connectivity index (χ0) is 9.49. The summed E-state index contributed by atoms with van der Waals surface area (Å²) in [6.45, 7) is 7.49. The Morgan fingerprint density at radius 2 is 1.69 bits per heavy atom. The highest BCUT2D eigenvalue weighted by Crippen LogP contribution is 2.21. The summed E-state index contributed by atoms with van der Waals surface area (Å²) in [5.74, 6) is -0.704. The molecule has 4 nitrogen and oxygen atoms in total. The molecule has 82 valence electrons. The minimum atomic E-state index is -0.704. The van der Waals surface area contributed by atoms with E-state index in [4.69, 9.17) is 9.90 Å². The van der Waals surface area contributed by atoms with Gasteiger partial charge in [0.25, 0.3) is 0 Å². The average molecular weight is 305 g/mol. The first kappa shape index (κ1) is 23.0. The van der Waals surface area contributed by atoms with Crippen molar-refractivity contribution in [1.82, 2.24) is 6.15 Å². The van der Waals surface area contributed by atoms with E-state index in [9.17, 15) is 4.79 Å². The van der Waals surface area contributed by atoms with E-state index < -0.39 is 11.4 Å². The average Bonchev–Trinajstić information content (AvgIpc) is 1.92. The molecule has 0 radical (unpaired) electrons. The van der Waals surface area contributed by atoms with Gasteiger partial charge < -0.3 is 16.1 Å². The first-order valence-electron chi connectivity index (χ1n) is 3.53. The van der Waals surface area contributed by atoms with E-state index in [-0.39, 0.29) is 30.1 Å². The predicted octanol–water partition coefficient (Wildman–Crippen LogP) is 2.49. The van der Waals surface area contributed by atoms with Crippen molar-refractivity contribution in [1.29, 1.82) is 0 Å². The van der Waals surface area contributed by atoms with Gasteiger partial charge in [0.05, 0.1) is 5.41 Å². The van der Waals surface area contributed by atoms with Gasteiger partial charge in [-0.05, 0) is 20.3 Å². The lowest BCUT2D eigenvalue weighted by Gasteiger charge is -2.16. The zero-order valence-corrected chi connectivity index (χ0v) is 10.8. The summed E-state index contributed by atoms with van der Waals surface area (Å²) < 4.78 is 0. The number of carbonyl (C=O) groups is 2. The van der Waals surface area contributed by atoms with Crippen molar-refractivity contribution in [3.05, 3.63) is 0 Å². The summed E-state index contributed by atoms with van der Waals surface area (Å²) in [7, 11) is 0. The number of rotatable bonds is 3. The lowest BCUT2D eigenvalue weighted by molar-refractivity contribution is -0.147. The molecule has 0 amide bonds. The second-order valence-electron chi connectivity index (χ2n) is 2.94. The fraction of sp³-hybridized carbons (Fsp3) is 0.750. The van der Waals surface area contributed by atoms with E-state index in [1.807, 2.05) is 13.7 Å². The maximum atomic E-state index is 10.4. The number of aliphatic carboxylic acids is 1. The number of carboxylic acid groups (broad SMARTS) is 1. The Labute approximate surface area is 96.7 Å². The first-order valence-corrected chi connectivity index (χ1v) is 3.53. The number of carbonyl (C=O) groups excluding carboxylic acids is 1. The molecule has 0 atom stereocenters. The normalized spacial score (nSPS) is 8.23. The molecule has 0 saturated heterocycles. The molecule has 0 aliphatic rings. The molecular weight excluding hydrogens is 285 g/mol. The van der Waals surface area contributed by atoms with Crippen LogP contribution in [-0.2, 0) is 9.59 Å². The van der Waals surface area contributed by atoms with Gasteiger partial charge in [-0.25, -0.2) is 0 Å². The van der Waals surface area contributed by atoms with Gasteiger partial charge in [-0.15, -0.1) is 24.0 Å². The van der Waals surface area contributed by atoms with Crippen molar-refractivity contribution in [3.8, 4) is 0 Å². The van der Waals surface area contributed by atoms with E-state index in [0.717, 1.165) is 12.8 Å². The summed E-state index contributed by atoms with van der Waals surface area (Å²) in [5, 5.41) is 8.57. The van der Waals surface area contributed by atoms with Crippen LogP contribution in [0.1, 0.15) is 33.6 Å². The van der Waals surface area contributed by atoms with Crippen LogP contribution in [0.15, 0.2) is 0 Å². The van der Waals surface area contributed by atoms with Crippen LogP contribution in [0.3, 0.4) is 0 Å². The predicted molar refractivity (Wildman–Crippen MR) is 63.9 cm³/mol. The van der Waals surface area contributed by atoms with E-state index in [1.165, 1.54) is 0 Å². The Morgan fingerprint density at radius 1 is 1.38 bits per heavy atom. The van der Waals surface area contributed by atoms with Gasteiger partial charge in [0.1, 0.15) is 6.79 Å². The zero-order valence-electron chi connectivity index (χ0n) is 8.50. The molecule has 0 fully saturated rings. The van der Waals surface area contributed by atoms with Gasteiger partial charge in [0, 0.05) is 0 Å². The van der Waals surface area contributed by atoms with Crippen LogP contribution in [0.4, 0.5) is 0 Å². The SMILES string of the molecule is C=O.CCCC(C)(C)C(=O)O.I.N. The van der Waals surface area contributed by atoms with Crippen molar-refractivity contribution >= 4 is 36.7 Å². The third kappa shape index (κ3) is 11.8. The van der Waals surface area contributed by atoms with Gasteiger partial charge in [0.2, 0.25) is 0 Å². The van der Waals surface area contributed by atoms with Gasteiger partial charge >= 0.3 is 5.97 Å². The summed E-state index contributed by atoms with van der Waals surface area (Å²) in [5.41, 5.74) is -0.533. The maximum Gasteiger partial charge on any atom is 0.309 e. The summed E-state index contributed by atoms with van der Waals surface area (Å²) in [4.78, 5) is 18.4. The Hall–Kier alpha value is -0.170. The number of hydrogen-bond acceptors (Lipinski definition) is 3. The molecule has 0 aromatic carbocycles. The third-order valence-electron chi connectivity index (χ3n) is 1.45. The lowest BCUT2D eigenvalue weighted by Crippen LogP contribution is -2.22. The van der Waals surface area contributed by atoms with Gasteiger partial charge in [-0.2, -0.15) is 0 Å². The fourth-order valence-electron chi connectivity index (χ4n) is 0.732. The third-order valence-corrected chi connectivity index (χ3v) is 1.45. The highest BCUT2D eigenvalue weighted by atomic mass is 127. The minimum Gasteiger partial charge on any atom is -0.481 e. The van der Waals surface area contributed by atoms with Gasteiger partial charge in [-0.3, -0.25) is 4.79 Å². The minimum absolute atomic E-state index is 0. The van der Waals surface area contributed by atoms with Crippen molar-refractivity contribution in [2.75, 3.05) is 0 Å². The number of hydrogen-bond donors (Lipinski definition) is 2. The van der Waals surface area contributed by atoms with Crippen molar-refractivity contribution in [3.63, 3.8) is 0 Å². The molecule has 0 aliphatic heterocycles. The van der Waals surface area contributed by atoms with Gasteiger partial charge in [0.15, 0.2) is 0 Å². The molecule has 4 N–H and O–H groups in total. The van der Waals surface area contributed by atoms with Crippen LogP contribution >= 0.6 is 24.0 Å². The smallest absolute Gasteiger partial charge is 0.309 e. The van der Waals surface area contributed by atoms with E-state index >= 15 is 0 Å². The molecule has 0 rings (SSSR count). The number of halogens is 1. The van der Waals surface area contributed by atoms with Crippen LogP contribution in [0.5, 0.6) is 0 Å². The van der Waals surface area contributed by atoms with Crippen molar-refractivity contribution < 1.29 is 14.7 Å². The van der Waals surface area contributed by atoms with Crippen molar-refractivity contribution in [2.24, 2.45) is 5.41 Å². The first-order chi connectivity index (χ1) is 5.00. The Morgan fingerprint density at radius 3 is 1.77 bits per heavy atom. The van der Waals surface area contributed by atoms with E-state index in [0.29, 0.717) is 0 Å². The molecule has 5 heteroatoms. The Balaban J connectivity index is -0.0000000941. The van der Waals surface area contributed by atoms with Crippen LogP contribution in [-0.4, -0.2) is 17.9 Å².